The van der Waals surface area contributed by atoms with E-state index in [0.717, 1.165) is 43.9 Å². The van der Waals surface area contributed by atoms with Crippen LogP contribution in [-0.4, -0.2) is 41.9 Å². The number of benzene rings is 2. The van der Waals surface area contributed by atoms with Gasteiger partial charge in [-0.1, -0.05) is 59.6 Å². The van der Waals surface area contributed by atoms with Gasteiger partial charge in [-0.25, -0.2) is 0 Å². The Bertz CT molecular complexity index is 713. The molecule has 1 heterocycles. The van der Waals surface area contributed by atoms with Crippen LogP contribution in [0.1, 0.15) is 17.5 Å². The second kappa shape index (κ2) is 8.70. The lowest BCUT2D eigenvalue weighted by atomic mass is 10.1. The van der Waals surface area contributed by atoms with Crippen LogP contribution in [0.15, 0.2) is 48.5 Å². The first-order valence-electron chi connectivity index (χ1n) is 8.44. The van der Waals surface area contributed by atoms with E-state index in [1.165, 1.54) is 0 Å². The molecule has 3 nitrogen and oxygen atoms in total. The molecule has 5 heteroatoms. The van der Waals surface area contributed by atoms with Crippen molar-refractivity contribution in [1.82, 2.24) is 9.80 Å². The molecule has 0 saturated carbocycles. The molecule has 0 N–H and O–H groups in total. The van der Waals surface area contributed by atoms with Gasteiger partial charge < -0.3 is 4.90 Å². The first-order valence-corrected chi connectivity index (χ1v) is 9.20. The lowest BCUT2D eigenvalue weighted by Gasteiger charge is -2.35. The van der Waals surface area contributed by atoms with Gasteiger partial charge in [0.15, 0.2) is 0 Å². The molecule has 3 rings (SSSR count). The summed E-state index contributed by atoms with van der Waals surface area (Å²) < 4.78 is 0. The zero-order valence-electron chi connectivity index (χ0n) is 14.0. The van der Waals surface area contributed by atoms with Gasteiger partial charge in [-0.3, -0.25) is 9.69 Å². The van der Waals surface area contributed by atoms with E-state index in [1.807, 2.05) is 59.9 Å². The molecule has 1 saturated heterocycles. The number of piperazine rings is 1. The summed E-state index contributed by atoms with van der Waals surface area (Å²) in [4.78, 5) is 16.6. The molecule has 1 aliphatic heterocycles. The van der Waals surface area contributed by atoms with Crippen molar-refractivity contribution >= 4 is 29.1 Å². The van der Waals surface area contributed by atoms with Crippen molar-refractivity contribution in [3.05, 3.63) is 76.1 Å². The second-order valence-electron chi connectivity index (χ2n) is 6.22. The van der Waals surface area contributed by atoms with Gasteiger partial charge in [0.25, 0.3) is 0 Å². The molecule has 0 spiro atoms. The highest BCUT2D eigenvalue weighted by Gasteiger charge is 2.21. The van der Waals surface area contributed by atoms with Gasteiger partial charge in [-0.2, -0.15) is 0 Å². The Morgan fingerprint density at radius 2 is 1.68 bits per heavy atom. The molecule has 0 aliphatic carbocycles. The van der Waals surface area contributed by atoms with Crippen LogP contribution in [-0.2, 0) is 11.3 Å². The van der Waals surface area contributed by atoms with E-state index in [9.17, 15) is 4.79 Å². The molecule has 1 radical (unpaired) electrons. The van der Waals surface area contributed by atoms with Crippen LogP contribution in [0.3, 0.4) is 0 Å². The summed E-state index contributed by atoms with van der Waals surface area (Å²) >= 11 is 12.0. The molecule has 131 valence electrons. The maximum absolute atomic E-state index is 12.4. The Labute approximate surface area is 159 Å². The van der Waals surface area contributed by atoms with Crippen LogP contribution in [0, 0.1) is 6.42 Å². The predicted molar refractivity (Wildman–Crippen MR) is 103 cm³/mol. The monoisotopic (exact) mass is 375 g/mol. The molecule has 25 heavy (non-hydrogen) atoms. The molecular weight excluding hydrogens is 355 g/mol. The van der Waals surface area contributed by atoms with Gasteiger partial charge in [0, 0.05) is 39.1 Å². The van der Waals surface area contributed by atoms with Crippen molar-refractivity contribution in [3.63, 3.8) is 0 Å². The third-order valence-electron chi connectivity index (χ3n) is 4.43. The van der Waals surface area contributed by atoms with Crippen molar-refractivity contribution in [2.75, 3.05) is 26.2 Å². The molecule has 0 aromatic heterocycles. The van der Waals surface area contributed by atoms with Crippen molar-refractivity contribution < 1.29 is 4.79 Å². The quantitative estimate of drug-likeness (QED) is 0.778. The number of rotatable bonds is 5. The third-order valence-corrected chi connectivity index (χ3v) is 5.17. The maximum atomic E-state index is 12.4. The minimum atomic E-state index is 0.193. The Hall–Kier alpha value is -1.55. The van der Waals surface area contributed by atoms with E-state index in [4.69, 9.17) is 23.2 Å². The largest absolute Gasteiger partial charge is 0.340 e. The highest BCUT2D eigenvalue weighted by molar-refractivity contribution is 6.42. The fourth-order valence-electron chi connectivity index (χ4n) is 2.97. The molecule has 0 atom stereocenters. The number of halogens is 2. The first kappa shape index (κ1) is 18.2. The Morgan fingerprint density at radius 3 is 2.36 bits per heavy atom. The molecule has 1 fully saturated rings. The number of carbonyl (C=O) groups is 1. The molecule has 1 aliphatic rings. The maximum Gasteiger partial charge on any atom is 0.223 e. The molecule has 0 bridgehead atoms. The summed E-state index contributed by atoms with van der Waals surface area (Å²) in [5.74, 6) is 0.193. The molecule has 2 aromatic carbocycles. The Balaban J connectivity index is 1.44. The van der Waals surface area contributed by atoms with Crippen molar-refractivity contribution in [2.45, 2.75) is 13.0 Å². The van der Waals surface area contributed by atoms with E-state index in [-0.39, 0.29) is 5.91 Å². The number of nitrogens with zero attached hydrogens (tertiary/aromatic N) is 2. The van der Waals surface area contributed by atoms with E-state index >= 15 is 0 Å². The van der Waals surface area contributed by atoms with Crippen LogP contribution in [0.25, 0.3) is 0 Å². The molecule has 2 aromatic rings. The van der Waals surface area contributed by atoms with Crippen LogP contribution >= 0.6 is 23.2 Å². The number of amides is 1. The Kier molecular flexibility index (Phi) is 6.35. The van der Waals surface area contributed by atoms with Gasteiger partial charge in [-0.05, 0) is 29.7 Å². The molecule has 1 amide bonds. The van der Waals surface area contributed by atoms with Crippen molar-refractivity contribution in [3.8, 4) is 0 Å². The van der Waals surface area contributed by atoms with Gasteiger partial charge >= 0.3 is 0 Å². The summed E-state index contributed by atoms with van der Waals surface area (Å²) in [5.41, 5.74) is 2.24. The van der Waals surface area contributed by atoms with Crippen LogP contribution in [0.5, 0.6) is 0 Å². The lowest BCUT2D eigenvalue weighted by Crippen LogP contribution is -2.48. The van der Waals surface area contributed by atoms with E-state index in [1.54, 1.807) is 0 Å². The number of carbonyl (C=O) groups excluding carboxylic acids is 1. The minimum absolute atomic E-state index is 0.193. The summed E-state index contributed by atoms with van der Waals surface area (Å²) in [7, 11) is 0. The van der Waals surface area contributed by atoms with Crippen LogP contribution in [0.2, 0.25) is 10.0 Å². The first-order chi connectivity index (χ1) is 12.1. The van der Waals surface area contributed by atoms with Crippen molar-refractivity contribution in [2.24, 2.45) is 0 Å². The number of hydrogen-bond acceptors (Lipinski definition) is 2. The van der Waals surface area contributed by atoms with E-state index in [2.05, 4.69) is 4.90 Å². The molecular formula is C20H21Cl2N2O. The SMILES string of the molecule is O=C(C[CH]c1ccccc1)N1CCN(Cc2ccc(Cl)c(Cl)c2)CC1. The number of hydrogen-bond donors (Lipinski definition) is 0. The van der Waals surface area contributed by atoms with Gasteiger partial charge in [0.1, 0.15) is 0 Å². The standard InChI is InChI=1S/C20H21Cl2N2O/c21-18-8-6-17(14-19(18)22)15-23-10-12-24(13-11-23)20(25)9-7-16-4-2-1-3-5-16/h1-8,14H,9-13,15H2. The van der Waals surface area contributed by atoms with Crippen LogP contribution < -0.4 is 0 Å². The predicted octanol–water partition coefficient (Wildman–Crippen LogP) is 4.28. The van der Waals surface area contributed by atoms with Crippen LogP contribution in [0.4, 0.5) is 0 Å². The fourth-order valence-corrected chi connectivity index (χ4v) is 3.30. The lowest BCUT2D eigenvalue weighted by molar-refractivity contribution is -0.132. The average molecular weight is 376 g/mol. The second-order valence-corrected chi connectivity index (χ2v) is 7.04. The smallest absolute Gasteiger partial charge is 0.223 e. The fraction of sp³-hybridized carbons (Fsp3) is 0.300. The zero-order valence-corrected chi connectivity index (χ0v) is 15.5. The summed E-state index contributed by atoms with van der Waals surface area (Å²) in [6.45, 7) is 4.11. The zero-order chi connectivity index (χ0) is 17.6. The molecule has 0 unspecified atom stereocenters. The minimum Gasteiger partial charge on any atom is -0.340 e. The Morgan fingerprint density at radius 1 is 0.960 bits per heavy atom. The topological polar surface area (TPSA) is 23.6 Å². The van der Waals surface area contributed by atoms with Gasteiger partial charge in [0.2, 0.25) is 5.91 Å². The summed E-state index contributed by atoms with van der Waals surface area (Å²) in [6, 6.07) is 15.7. The van der Waals surface area contributed by atoms with Gasteiger partial charge in [0.05, 0.1) is 10.0 Å². The normalized spacial score (nSPS) is 15.4. The van der Waals surface area contributed by atoms with Gasteiger partial charge in [-0.15, -0.1) is 0 Å². The highest BCUT2D eigenvalue weighted by atomic mass is 35.5. The summed E-state index contributed by atoms with van der Waals surface area (Å²) in [6.07, 6.45) is 2.45. The average Bonchev–Trinajstić information content (AvgIpc) is 2.64. The van der Waals surface area contributed by atoms with E-state index < -0.39 is 0 Å². The third kappa shape index (κ3) is 5.21. The van der Waals surface area contributed by atoms with E-state index in [0.29, 0.717) is 16.5 Å². The summed E-state index contributed by atoms with van der Waals surface area (Å²) in [5, 5.41) is 1.17. The van der Waals surface area contributed by atoms with Crippen molar-refractivity contribution in [1.29, 1.82) is 0 Å². The highest BCUT2D eigenvalue weighted by Crippen LogP contribution is 2.23.